The Hall–Kier alpha value is -2.18. The van der Waals surface area contributed by atoms with E-state index in [9.17, 15) is 9.59 Å². The monoisotopic (exact) mass is 267 g/mol. The molecule has 0 saturated heterocycles. The Morgan fingerprint density at radius 1 is 1.37 bits per heavy atom. The van der Waals surface area contributed by atoms with Gasteiger partial charge in [0.1, 0.15) is 5.82 Å². The van der Waals surface area contributed by atoms with Crippen LogP contribution in [0.5, 0.6) is 0 Å². The molecule has 0 amide bonds. The van der Waals surface area contributed by atoms with E-state index in [4.69, 9.17) is 0 Å². The molecule has 0 saturated carbocycles. The van der Waals surface area contributed by atoms with Gasteiger partial charge in [0.15, 0.2) is 0 Å². The highest BCUT2D eigenvalue weighted by atomic mass is 16.5. The topological polar surface area (TPSA) is 81.6 Å². The molecule has 0 radical (unpaired) electrons. The summed E-state index contributed by atoms with van der Waals surface area (Å²) in [5.74, 6) is -0.680. The summed E-state index contributed by atoms with van der Waals surface area (Å²) in [6.07, 6.45) is 1.47. The lowest BCUT2D eigenvalue weighted by Crippen LogP contribution is -2.30. The number of esters is 2. The summed E-state index contributed by atoms with van der Waals surface area (Å²) in [6.45, 7) is 2.18. The first-order valence-corrected chi connectivity index (χ1v) is 5.70. The molecule has 1 rings (SSSR count). The number of ether oxygens (including phenoxy) is 2. The fourth-order valence-corrected chi connectivity index (χ4v) is 1.53. The minimum Gasteiger partial charge on any atom is -0.469 e. The number of aromatic nitrogens is 2. The normalized spacial score (nSPS) is 11.6. The lowest BCUT2D eigenvalue weighted by Gasteiger charge is -2.21. The van der Waals surface area contributed by atoms with E-state index in [0.717, 1.165) is 0 Å². The molecule has 1 atom stereocenters. The van der Waals surface area contributed by atoms with Crippen LogP contribution in [0, 0.1) is 5.92 Å². The Morgan fingerprint density at radius 3 is 2.63 bits per heavy atom. The van der Waals surface area contributed by atoms with E-state index in [-0.39, 0.29) is 17.7 Å². The molecule has 0 spiro atoms. The molecule has 1 heterocycles. The number of anilines is 1. The summed E-state index contributed by atoms with van der Waals surface area (Å²) in [4.78, 5) is 32.3. The molecule has 1 unspecified atom stereocenters. The Kier molecular flexibility index (Phi) is 5.23. The van der Waals surface area contributed by atoms with Crippen LogP contribution in [0.3, 0.4) is 0 Å². The van der Waals surface area contributed by atoms with Crippen molar-refractivity contribution in [2.75, 3.05) is 32.7 Å². The summed E-state index contributed by atoms with van der Waals surface area (Å²) in [7, 11) is 4.38. The number of hydrogen-bond acceptors (Lipinski definition) is 7. The first-order chi connectivity index (χ1) is 8.99. The molecule has 0 aliphatic carbocycles. The minimum absolute atomic E-state index is 0.0161. The van der Waals surface area contributed by atoms with Crippen LogP contribution in [0.1, 0.15) is 17.5 Å². The SMILES string of the molecule is COC(=O)c1nccc(N(C)CC(C)C(=O)OC)n1. The molecule has 19 heavy (non-hydrogen) atoms. The highest BCUT2D eigenvalue weighted by Gasteiger charge is 2.17. The van der Waals surface area contributed by atoms with Crippen LogP contribution in [-0.2, 0) is 14.3 Å². The van der Waals surface area contributed by atoms with E-state index >= 15 is 0 Å². The lowest BCUT2D eigenvalue weighted by molar-refractivity contribution is -0.144. The Morgan fingerprint density at radius 2 is 2.05 bits per heavy atom. The van der Waals surface area contributed by atoms with Crippen molar-refractivity contribution in [3.63, 3.8) is 0 Å². The van der Waals surface area contributed by atoms with Crippen LogP contribution in [0.4, 0.5) is 5.82 Å². The van der Waals surface area contributed by atoms with Crippen LogP contribution in [0.25, 0.3) is 0 Å². The third-order valence-electron chi connectivity index (χ3n) is 2.55. The molecule has 7 heteroatoms. The summed E-state index contributed by atoms with van der Waals surface area (Å²) >= 11 is 0. The van der Waals surface area contributed by atoms with E-state index in [1.807, 2.05) is 0 Å². The van der Waals surface area contributed by atoms with Crippen LogP contribution >= 0.6 is 0 Å². The van der Waals surface area contributed by atoms with Crippen molar-refractivity contribution < 1.29 is 19.1 Å². The summed E-state index contributed by atoms with van der Waals surface area (Å²) < 4.78 is 9.21. The second-order valence-corrected chi connectivity index (χ2v) is 4.03. The van der Waals surface area contributed by atoms with Gasteiger partial charge in [-0.2, -0.15) is 0 Å². The molecule has 104 valence electrons. The van der Waals surface area contributed by atoms with Crippen molar-refractivity contribution in [1.29, 1.82) is 0 Å². The number of nitrogens with zero attached hydrogens (tertiary/aromatic N) is 3. The smallest absolute Gasteiger partial charge is 0.376 e. The molecular formula is C12H17N3O4. The van der Waals surface area contributed by atoms with Gasteiger partial charge in [0, 0.05) is 19.8 Å². The van der Waals surface area contributed by atoms with Gasteiger partial charge in [0.25, 0.3) is 0 Å². The van der Waals surface area contributed by atoms with Crippen LogP contribution in [0.2, 0.25) is 0 Å². The first kappa shape index (κ1) is 14.9. The van der Waals surface area contributed by atoms with Crippen molar-refractivity contribution in [2.24, 2.45) is 5.92 Å². The van der Waals surface area contributed by atoms with Gasteiger partial charge in [-0.05, 0) is 6.07 Å². The fourth-order valence-electron chi connectivity index (χ4n) is 1.53. The number of methoxy groups -OCH3 is 2. The molecule has 1 aromatic heterocycles. The molecule has 7 nitrogen and oxygen atoms in total. The molecule has 0 aromatic carbocycles. The summed E-state index contributed by atoms with van der Waals surface area (Å²) in [5, 5.41) is 0. The lowest BCUT2D eigenvalue weighted by atomic mass is 10.2. The maximum absolute atomic E-state index is 11.3. The van der Waals surface area contributed by atoms with E-state index < -0.39 is 5.97 Å². The standard InChI is InChI=1S/C12H17N3O4/c1-8(11(16)18-3)7-15(2)9-5-6-13-10(14-9)12(17)19-4/h5-6,8H,7H2,1-4H3. The van der Waals surface area contributed by atoms with Gasteiger partial charge >= 0.3 is 11.9 Å². The van der Waals surface area contributed by atoms with Gasteiger partial charge in [-0.15, -0.1) is 0 Å². The van der Waals surface area contributed by atoms with E-state index in [0.29, 0.717) is 12.4 Å². The second kappa shape index (κ2) is 6.67. The Labute approximate surface area is 111 Å². The van der Waals surface area contributed by atoms with Crippen LogP contribution in [-0.4, -0.2) is 49.7 Å². The van der Waals surface area contributed by atoms with Gasteiger partial charge in [-0.3, -0.25) is 4.79 Å². The van der Waals surface area contributed by atoms with E-state index in [1.165, 1.54) is 20.4 Å². The number of carbonyl (C=O) groups excluding carboxylic acids is 2. The average Bonchev–Trinajstić information content (AvgIpc) is 2.45. The fraction of sp³-hybridized carbons (Fsp3) is 0.500. The van der Waals surface area contributed by atoms with Crippen molar-refractivity contribution in [1.82, 2.24) is 9.97 Å². The Balaban J connectivity index is 2.79. The molecule has 0 fully saturated rings. The summed E-state index contributed by atoms with van der Waals surface area (Å²) in [6, 6.07) is 1.65. The second-order valence-electron chi connectivity index (χ2n) is 4.03. The van der Waals surface area contributed by atoms with Gasteiger partial charge < -0.3 is 14.4 Å². The van der Waals surface area contributed by atoms with Crippen LogP contribution < -0.4 is 4.90 Å². The molecule has 0 N–H and O–H groups in total. The molecule has 0 bridgehead atoms. The zero-order valence-electron chi connectivity index (χ0n) is 11.4. The molecule has 1 aromatic rings. The summed E-state index contributed by atoms with van der Waals surface area (Å²) in [5.41, 5.74) is 0. The van der Waals surface area contributed by atoms with Gasteiger partial charge in [0.05, 0.1) is 20.1 Å². The maximum Gasteiger partial charge on any atom is 0.376 e. The quantitative estimate of drug-likeness (QED) is 0.719. The average molecular weight is 267 g/mol. The van der Waals surface area contributed by atoms with Crippen LogP contribution in [0.15, 0.2) is 12.3 Å². The number of hydrogen-bond donors (Lipinski definition) is 0. The first-order valence-electron chi connectivity index (χ1n) is 5.70. The molecular weight excluding hydrogens is 250 g/mol. The van der Waals surface area contributed by atoms with Crippen molar-refractivity contribution in [3.8, 4) is 0 Å². The van der Waals surface area contributed by atoms with E-state index in [1.54, 1.807) is 24.9 Å². The number of rotatable bonds is 5. The van der Waals surface area contributed by atoms with Crippen molar-refractivity contribution in [3.05, 3.63) is 18.1 Å². The largest absolute Gasteiger partial charge is 0.469 e. The molecule has 0 aliphatic heterocycles. The predicted octanol–water partition coefficient (Wildman–Crippen LogP) is 0.508. The minimum atomic E-state index is -0.601. The van der Waals surface area contributed by atoms with Gasteiger partial charge in [0.2, 0.25) is 5.82 Å². The van der Waals surface area contributed by atoms with E-state index in [2.05, 4.69) is 19.4 Å². The zero-order chi connectivity index (χ0) is 14.4. The molecule has 0 aliphatic rings. The van der Waals surface area contributed by atoms with Gasteiger partial charge in [-0.25, -0.2) is 14.8 Å². The van der Waals surface area contributed by atoms with Crippen molar-refractivity contribution in [2.45, 2.75) is 6.92 Å². The van der Waals surface area contributed by atoms with Crippen molar-refractivity contribution >= 4 is 17.8 Å². The third kappa shape index (κ3) is 3.90. The van der Waals surface area contributed by atoms with Gasteiger partial charge in [-0.1, -0.05) is 6.92 Å². The third-order valence-corrected chi connectivity index (χ3v) is 2.55. The zero-order valence-corrected chi connectivity index (χ0v) is 11.4. The predicted molar refractivity (Wildman–Crippen MR) is 67.8 cm³/mol. The highest BCUT2D eigenvalue weighted by molar-refractivity contribution is 5.85. The number of carbonyl (C=O) groups is 2. The maximum atomic E-state index is 11.3. The highest BCUT2D eigenvalue weighted by Crippen LogP contribution is 2.11. The Bertz CT molecular complexity index is 464.